The maximum Gasteiger partial charge on any atom is 0.230 e. The van der Waals surface area contributed by atoms with Gasteiger partial charge in [0.15, 0.2) is 0 Å². The average Bonchev–Trinajstić information content (AvgIpc) is 2.82. The molecular weight excluding hydrogens is 312 g/mol. The maximum absolute atomic E-state index is 13.2. The second-order valence-corrected chi connectivity index (χ2v) is 10.3. The number of amides is 2. The summed E-state index contributed by atoms with van der Waals surface area (Å²) in [6, 6.07) is 0. The first-order chi connectivity index (χ1) is 11.7. The molecule has 2 aliphatic heterocycles. The van der Waals surface area contributed by atoms with Gasteiger partial charge in [0.1, 0.15) is 0 Å². The van der Waals surface area contributed by atoms with Crippen LogP contribution in [0.5, 0.6) is 0 Å². The minimum Gasteiger partial charge on any atom is -0.342 e. The van der Waals surface area contributed by atoms with Crippen molar-refractivity contribution >= 4 is 11.8 Å². The topological polar surface area (TPSA) is 40.6 Å². The SMILES string of the molecule is CC1(C)C(C(=O)N2CC[C@]3(CCCN(CC4CCC4)C3=O)C2)C1(C)C. The van der Waals surface area contributed by atoms with Crippen LogP contribution in [0, 0.1) is 28.1 Å². The summed E-state index contributed by atoms with van der Waals surface area (Å²) in [5, 5.41) is 0. The highest BCUT2D eigenvalue weighted by Crippen LogP contribution is 2.69. The van der Waals surface area contributed by atoms with E-state index < -0.39 is 0 Å². The van der Waals surface area contributed by atoms with Crippen molar-refractivity contribution in [1.82, 2.24) is 9.80 Å². The highest BCUT2D eigenvalue weighted by molar-refractivity contribution is 5.88. The molecule has 0 aromatic rings. The molecule has 0 aromatic heterocycles. The van der Waals surface area contributed by atoms with Crippen LogP contribution in [-0.2, 0) is 9.59 Å². The molecule has 2 amide bonds. The number of nitrogens with zero attached hydrogens (tertiary/aromatic N) is 2. The second kappa shape index (κ2) is 5.47. The number of piperidine rings is 1. The van der Waals surface area contributed by atoms with Crippen LogP contribution >= 0.6 is 0 Å². The lowest BCUT2D eigenvalue weighted by molar-refractivity contribution is -0.147. The van der Waals surface area contributed by atoms with Crippen LogP contribution in [0.15, 0.2) is 0 Å². The van der Waals surface area contributed by atoms with Crippen molar-refractivity contribution < 1.29 is 9.59 Å². The van der Waals surface area contributed by atoms with Crippen molar-refractivity contribution in [3.05, 3.63) is 0 Å². The third-order valence-corrected chi connectivity index (χ3v) is 8.46. The predicted molar refractivity (Wildman–Crippen MR) is 97.8 cm³/mol. The number of carbonyl (C=O) groups is 2. The van der Waals surface area contributed by atoms with Crippen LogP contribution in [0.1, 0.15) is 66.2 Å². The average molecular weight is 347 g/mol. The third-order valence-electron chi connectivity index (χ3n) is 8.46. The normalized spacial score (nSPS) is 34.5. The zero-order valence-corrected chi connectivity index (χ0v) is 16.4. The van der Waals surface area contributed by atoms with Gasteiger partial charge in [-0.15, -0.1) is 0 Å². The van der Waals surface area contributed by atoms with E-state index >= 15 is 0 Å². The molecule has 4 aliphatic rings. The van der Waals surface area contributed by atoms with Gasteiger partial charge >= 0.3 is 0 Å². The maximum atomic E-state index is 13.2. The van der Waals surface area contributed by atoms with E-state index in [4.69, 9.17) is 0 Å². The summed E-state index contributed by atoms with van der Waals surface area (Å²) in [5.74, 6) is 1.47. The fraction of sp³-hybridized carbons (Fsp3) is 0.905. The van der Waals surface area contributed by atoms with Crippen LogP contribution < -0.4 is 0 Å². The number of hydrogen-bond acceptors (Lipinski definition) is 2. The van der Waals surface area contributed by atoms with Gasteiger partial charge in [-0.1, -0.05) is 34.1 Å². The zero-order valence-electron chi connectivity index (χ0n) is 16.4. The van der Waals surface area contributed by atoms with Gasteiger partial charge in [-0.05, 0) is 48.9 Å². The predicted octanol–water partition coefficient (Wildman–Crippen LogP) is 3.31. The summed E-state index contributed by atoms with van der Waals surface area (Å²) in [5.41, 5.74) is -0.125. The van der Waals surface area contributed by atoms with E-state index in [0.29, 0.717) is 12.5 Å². The number of likely N-dealkylation sites (tertiary alicyclic amines) is 2. The van der Waals surface area contributed by atoms with Crippen molar-refractivity contribution in [3.8, 4) is 0 Å². The first-order valence-corrected chi connectivity index (χ1v) is 10.3. The minimum absolute atomic E-state index is 0.0761. The second-order valence-electron chi connectivity index (χ2n) is 10.3. The Labute approximate surface area is 152 Å². The quantitative estimate of drug-likeness (QED) is 0.786. The third kappa shape index (κ3) is 2.46. The fourth-order valence-corrected chi connectivity index (χ4v) is 5.75. The minimum atomic E-state index is -0.277. The Balaban J connectivity index is 1.44. The summed E-state index contributed by atoms with van der Waals surface area (Å²) in [7, 11) is 0. The molecule has 2 aliphatic carbocycles. The molecule has 2 saturated carbocycles. The van der Waals surface area contributed by atoms with Crippen LogP contribution in [0.25, 0.3) is 0 Å². The molecule has 0 unspecified atom stereocenters. The molecule has 140 valence electrons. The van der Waals surface area contributed by atoms with Gasteiger partial charge in [-0.3, -0.25) is 9.59 Å². The molecule has 2 heterocycles. The molecular formula is C21H34N2O2. The van der Waals surface area contributed by atoms with E-state index in [1.165, 1.54) is 19.3 Å². The highest BCUT2D eigenvalue weighted by Gasteiger charge is 2.69. The van der Waals surface area contributed by atoms with Gasteiger partial charge in [0.25, 0.3) is 0 Å². The lowest BCUT2D eigenvalue weighted by Crippen LogP contribution is -2.52. The number of hydrogen-bond donors (Lipinski definition) is 0. The smallest absolute Gasteiger partial charge is 0.230 e. The first kappa shape index (κ1) is 17.4. The summed E-state index contributed by atoms with van der Waals surface area (Å²) in [6.07, 6.45) is 6.83. The Kier molecular flexibility index (Phi) is 3.80. The molecule has 0 bridgehead atoms. The van der Waals surface area contributed by atoms with Gasteiger partial charge in [0.05, 0.1) is 5.41 Å². The van der Waals surface area contributed by atoms with Crippen LogP contribution in [-0.4, -0.2) is 47.8 Å². The van der Waals surface area contributed by atoms with Crippen molar-refractivity contribution in [1.29, 1.82) is 0 Å². The Morgan fingerprint density at radius 1 is 1.04 bits per heavy atom. The molecule has 0 N–H and O–H groups in total. The number of rotatable bonds is 3. The summed E-state index contributed by atoms with van der Waals surface area (Å²) >= 11 is 0. The standard InChI is InChI=1S/C21H34N2O2/c1-19(2)16(20(19,3)4)17(24)23-12-10-21(14-23)9-6-11-22(18(21)25)13-15-7-5-8-15/h15-16H,5-14H2,1-4H3/t21-/m1/s1. The van der Waals surface area contributed by atoms with Crippen molar-refractivity contribution in [2.75, 3.05) is 26.2 Å². The monoisotopic (exact) mass is 346 g/mol. The Bertz CT molecular complexity index is 579. The highest BCUT2D eigenvalue weighted by atomic mass is 16.2. The van der Waals surface area contributed by atoms with E-state index in [2.05, 4.69) is 32.6 Å². The van der Waals surface area contributed by atoms with Gasteiger partial charge in [0.2, 0.25) is 11.8 Å². The molecule has 1 spiro atoms. The lowest BCUT2D eigenvalue weighted by atomic mass is 9.77. The summed E-state index contributed by atoms with van der Waals surface area (Å²) < 4.78 is 0. The first-order valence-electron chi connectivity index (χ1n) is 10.3. The molecule has 4 rings (SSSR count). The number of carbonyl (C=O) groups excluding carboxylic acids is 2. The summed E-state index contributed by atoms with van der Waals surface area (Å²) in [6.45, 7) is 12.1. The van der Waals surface area contributed by atoms with Crippen molar-refractivity contribution in [2.45, 2.75) is 66.2 Å². The van der Waals surface area contributed by atoms with E-state index in [0.717, 1.165) is 44.8 Å². The molecule has 0 aromatic carbocycles. The molecule has 1 atom stereocenters. The zero-order chi connectivity index (χ0) is 18.0. The molecule has 0 radical (unpaired) electrons. The van der Waals surface area contributed by atoms with E-state index in [-0.39, 0.29) is 28.1 Å². The molecule has 25 heavy (non-hydrogen) atoms. The Morgan fingerprint density at radius 2 is 1.72 bits per heavy atom. The molecule has 4 nitrogen and oxygen atoms in total. The summed E-state index contributed by atoms with van der Waals surface area (Å²) in [4.78, 5) is 30.5. The van der Waals surface area contributed by atoms with Gasteiger partial charge in [-0.25, -0.2) is 0 Å². The van der Waals surface area contributed by atoms with Crippen LogP contribution in [0.4, 0.5) is 0 Å². The Morgan fingerprint density at radius 3 is 2.28 bits per heavy atom. The molecule has 4 fully saturated rings. The fourth-order valence-electron chi connectivity index (χ4n) is 5.75. The van der Waals surface area contributed by atoms with E-state index in [9.17, 15) is 9.59 Å². The molecule has 4 heteroatoms. The van der Waals surface area contributed by atoms with Gasteiger partial charge < -0.3 is 9.80 Å². The van der Waals surface area contributed by atoms with Gasteiger partial charge in [-0.2, -0.15) is 0 Å². The largest absolute Gasteiger partial charge is 0.342 e. The van der Waals surface area contributed by atoms with Crippen LogP contribution in [0.2, 0.25) is 0 Å². The lowest BCUT2D eigenvalue weighted by Gasteiger charge is -2.42. The van der Waals surface area contributed by atoms with Crippen molar-refractivity contribution in [3.63, 3.8) is 0 Å². The van der Waals surface area contributed by atoms with Crippen LogP contribution in [0.3, 0.4) is 0 Å². The van der Waals surface area contributed by atoms with Gasteiger partial charge in [0, 0.05) is 32.1 Å². The van der Waals surface area contributed by atoms with E-state index in [1.807, 2.05) is 4.90 Å². The Hall–Kier alpha value is -1.06. The molecule has 2 saturated heterocycles. The van der Waals surface area contributed by atoms with Crippen molar-refractivity contribution in [2.24, 2.45) is 28.1 Å². The van der Waals surface area contributed by atoms with E-state index in [1.54, 1.807) is 0 Å².